The SMILES string of the molecule is O=S1(=O)CCCN(S(=O)(=O)c2cnn(CCCO)c2)CC1. The minimum atomic E-state index is -3.72. The average Bonchev–Trinajstić information content (AvgIpc) is 2.81. The van der Waals surface area contributed by atoms with E-state index in [-0.39, 0.29) is 36.1 Å². The number of hydrogen-bond donors (Lipinski definition) is 1. The molecule has 1 aromatic rings. The predicted octanol–water partition coefficient (Wildman–Crippen LogP) is -0.925. The first-order valence-electron chi connectivity index (χ1n) is 6.69. The van der Waals surface area contributed by atoms with Gasteiger partial charge in [-0.2, -0.15) is 9.40 Å². The highest BCUT2D eigenvalue weighted by Crippen LogP contribution is 2.17. The van der Waals surface area contributed by atoms with E-state index in [9.17, 15) is 16.8 Å². The molecule has 8 nitrogen and oxygen atoms in total. The first-order valence-corrected chi connectivity index (χ1v) is 9.95. The third-order valence-corrected chi connectivity index (χ3v) is 6.87. The van der Waals surface area contributed by atoms with Crippen molar-refractivity contribution in [2.45, 2.75) is 24.3 Å². The number of aryl methyl sites for hydroxylation is 1. The summed E-state index contributed by atoms with van der Waals surface area (Å²) in [5.74, 6) is -0.125. The average molecular weight is 337 g/mol. The van der Waals surface area contributed by atoms with Gasteiger partial charge in [-0.15, -0.1) is 0 Å². The number of hydrogen-bond acceptors (Lipinski definition) is 6. The highest BCUT2D eigenvalue weighted by molar-refractivity contribution is 7.91. The van der Waals surface area contributed by atoms with Crippen LogP contribution in [0.5, 0.6) is 0 Å². The molecule has 0 atom stereocenters. The molecule has 0 unspecified atom stereocenters. The molecule has 1 fully saturated rings. The Labute approximate surface area is 124 Å². The summed E-state index contributed by atoms with van der Waals surface area (Å²) in [7, 11) is -6.87. The van der Waals surface area contributed by atoms with E-state index in [4.69, 9.17) is 5.11 Å². The van der Waals surface area contributed by atoms with Crippen LogP contribution in [0.1, 0.15) is 12.8 Å². The minimum Gasteiger partial charge on any atom is -0.396 e. The van der Waals surface area contributed by atoms with Gasteiger partial charge in [0, 0.05) is 32.4 Å². The third-order valence-electron chi connectivity index (χ3n) is 3.31. The van der Waals surface area contributed by atoms with Crippen LogP contribution in [0, 0.1) is 0 Å². The maximum atomic E-state index is 12.5. The molecule has 2 heterocycles. The predicted molar refractivity (Wildman–Crippen MR) is 76.0 cm³/mol. The van der Waals surface area contributed by atoms with Crippen molar-refractivity contribution in [2.24, 2.45) is 0 Å². The van der Waals surface area contributed by atoms with Crippen LogP contribution in [0.2, 0.25) is 0 Å². The van der Waals surface area contributed by atoms with Gasteiger partial charge in [0.2, 0.25) is 10.0 Å². The first-order chi connectivity index (χ1) is 9.85. The lowest BCUT2D eigenvalue weighted by molar-refractivity contribution is 0.277. The van der Waals surface area contributed by atoms with Gasteiger partial charge in [-0.05, 0) is 12.8 Å². The van der Waals surface area contributed by atoms with Crippen LogP contribution in [0.25, 0.3) is 0 Å². The van der Waals surface area contributed by atoms with E-state index in [0.717, 1.165) is 0 Å². The lowest BCUT2D eigenvalue weighted by Crippen LogP contribution is -2.33. The van der Waals surface area contributed by atoms with Gasteiger partial charge in [0.25, 0.3) is 0 Å². The summed E-state index contributed by atoms with van der Waals surface area (Å²) in [6, 6.07) is 0. The molecule has 120 valence electrons. The molecule has 1 aromatic heterocycles. The van der Waals surface area contributed by atoms with E-state index in [1.54, 1.807) is 0 Å². The molecule has 0 amide bonds. The van der Waals surface area contributed by atoms with Gasteiger partial charge < -0.3 is 5.11 Å². The summed E-state index contributed by atoms with van der Waals surface area (Å²) in [5, 5.41) is 12.7. The maximum absolute atomic E-state index is 12.5. The quantitative estimate of drug-likeness (QED) is 0.744. The smallest absolute Gasteiger partial charge is 0.246 e. The zero-order chi connectivity index (χ0) is 15.5. The van der Waals surface area contributed by atoms with E-state index >= 15 is 0 Å². The molecule has 2 rings (SSSR count). The lowest BCUT2D eigenvalue weighted by Gasteiger charge is -2.17. The molecule has 1 aliphatic heterocycles. The van der Waals surface area contributed by atoms with Crippen LogP contribution >= 0.6 is 0 Å². The Morgan fingerprint density at radius 3 is 2.76 bits per heavy atom. The summed E-state index contributed by atoms with van der Waals surface area (Å²) >= 11 is 0. The van der Waals surface area contributed by atoms with Crippen molar-refractivity contribution < 1.29 is 21.9 Å². The zero-order valence-corrected chi connectivity index (χ0v) is 13.2. The number of nitrogens with zero attached hydrogens (tertiary/aromatic N) is 3. The van der Waals surface area contributed by atoms with E-state index in [0.29, 0.717) is 19.4 Å². The minimum absolute atomic E-state index is 0.00588. The molecule has 0 aromatic carbocycles. The summed E-state index contributed by atoms with van der Waals surface area (Å²) in [5.41, 5.74) is 0. The van der Waals surface area contributed by atoms with Crippen molar-refractivity contribution in [3.05, 3.63) is 12.4 Å². The van der Waals surface area contributed by atoms with Crippen molar-refractivity contribution in [1.29, 1.82) is 0 Å². The van der Waals surface area contributed by atoms with Gasteiger partial charge in [0.1, 0.15) is 4.90 Å². The lowest BCUT2D eigenvalue weighted by atomic mass is 10.5. The Kier molecular flexibility index (Phi) is 5.02. The summed E-state index contributed by atoms with van der Waals surface area (Å²) in [6.45, 7) is 0.613. The van der Waals surface area contributed by atoms with E-state index in [2.05, 4.69) is 5.10 Å². The van der Waals surface area contributed by atoms with Gasteiger partial charge in [-0.1, -0.05) is 0 Å². The summed E-state index contributed by atoms with van der Waals surface area (Å²) < 4.78 is 50.7. The number of aliphatic hydroxyl groups is 1. The number of aliphatic hydroxyl groups excluding tert-OH is 1. The summed E-state index contributed by atoms with van der Waals surface area (Å²) in [6.07, 6.45) is 3.46. The Bertz CT molecular complexity index is 680. The molecular weight excluding hydrogens is 318 g/mol. The van der Waals surface area contributed by atoms with E-state index in [1.165, 1.54) is 21.4 Å². The fourth-order valence-corrected chi connectivity index (χ4v) is 4.96. The van der Waals surface area contributed by atoms with Gasteiger partial charge >= 0.3 is 0 Å². The standard InChI is InChI=1S/C11H19N3O5S2/c15-6-1-3-13-10-11(9-12-13)21(18,19)14-4-2-7-20(16,17)8-5-14/h9-10,15H,1-8H2. The Morgan fingerprint density at radius 1 is 1.29 bits per heavy atom. The molecule has 0 radical (unpaired) electrons. The molecule has 1 saturated heterocycles. The monoisotopic (exact) mass is 337 g/mol. The third kappa shape index (κ3) is 4.02. The zero-order valence-electron chi connectivity index (χ0n) is 11.5. The van der Waals surface area contributed by atoms with E-state index < -0.39 is 19.9 Å². The molecular formula is C11H19N3O5S2. The molecule has 0 aliphatic carbocycles. The molecule has 1 N–H and O–H groups in total. The first kappa shape index (κ1) is 16.4. The van der Waals surface area contributed by atoms with Gasteiger partial charge in [0.05, 0.1) is 17.7 Å². The largest absolute Gasteiger partial charge is 0.396 e. The second-order valence-electron chi connectivity index (χ2n) is 4.93. The molecule has 1 aliphatic rings. The van der Waals surface area contributed by atoms with Crippen LogP contribution in [0.3, 0.4) is 0 Å². The van der Waals surface area contributed by atoms with Crippen molar-refractivity contribution >= 4 is 19.9 Å². The van der Waals surface area contributed by atoms with Crippen LogP contribution in [0.15, 0.2) is 17.3 Å². The van der Waals surface area contributed by atoms with Crippen molar-refractivity contribution in [3.63, 3.8) is 0 Å². The topological polar surface area (TPSA) is 110 Å². The number of rotatable bonds is 5. The Balaban J connectivity index is 2.15. The van der Waals surface area contributed by atoms with Gasteiger partial charge in [0.15, 0.2) is 9.84 Å². The normalized spacial score (nSPS) is 20.2. The van der Waals surface area contributed by atoms with Gasteiger partial charge in [-0.25, -0.2) is 16.8 Å². The number of sulfonamides is 1. The van der Waals surface area contributed by atoms with E-state index in [1.807, 2.05) is 0 Å². The summed E-state index contributed by atoms with van der Waals surface area (Å²) in [4.78, 5) is 0.0553. The Morgan fingerprint density at radius 2 is 2.05 bits per heavy atom. The van der Waals surface area contributed by atoms with Crippen LogP contribution in [0.4, 0.5) is 0 Å². The maximum Gasteiger partial charge on any atom is 0.246 e. The fourth-order valence-electron chi connectivity index (χ4n) is 2.14. The molecule has 21 heavy (non-hydrogen) atoms. The second-order valence-corrected chi connectivity index (χ2v) is 9.17. The molecule has 0 bridgehead atoms. The van der Waals surface area contributed by atoms with Crippen molar-refractivity contribution in [3.8, 4) is 0 Å². The fraction of sp³-hybridized carbons (Fsp3) is 0.727. The molecule has 0 spiro atoms. The number of aromatic nitrogens is 2. The highest BCUT2D eigenvalue weighted by atomic mass is 32.2. The number of sulfone groups is 1. The van der Waals surface area contributed by atoms with Crippen LogP contribution in [-0.2, 0) is 26.4 Å². The van der Waals surface area contributed by atoms with Crippen molar-refractivity contribution in [2.75, 3.05) is 31.2 Å². The molecule has 10 heteroatoms. The van der Waals surface area contributed by atoms with Crippen molar-refractivity contribution in [1.82, 2.24) is 14.1 Å². The van der Waals surface area contributed by atoms with Crippen LogP contribution in [-0.4, -0.2) is 67.2 Å². The highest BCUT2D eigenvalue weighted by Gasteiger charge is 2.29. The second kappa shape index (κ2) is 6.42. The van der Waals surface area contributed by atoms with Gasteiger partial charge in [-0.3, -0.25) is 4.68 Å². The van der Waals surface area contributed by atoms with Crippen LogP contribution < -0.4 is 0 Å². The molecule has 0 saturated carbocycles. The Hall–Kier alpha value is -0.970.